The zero-order valence-corrected chi connectivity index (χ0v) is 11.6. The molecule has 0 amide bonds. The third-order valence-electron chi connectivity index (χ3n) is 2.57. The summed E-state index contributed by atoms with van der Waals surface area (Å²) >= 11 is -1.16. The molecule has 0 aromatic carbocycles. The van der Waals surface area contributed by atoms with Crippen LogP contribution in [-0.4, -0.2) is 18.3 Å². The largest absolute Gasteiger partial charge is 0.334 e. The second kappa shape index (κ2) is 6.53. The molecule has 84 valence electrons. The van der Waals surface area contributed by atoms with Crippen molar-refractivity contribution in [1.29, 1.82) is 0 Å². The summed E-state index contributed by atoms with van der Waals surface area (Å²) < 4.78 is 17.4. The molecule has 0 rings (SSSR count). The molecule has 4 heteroatoms. The van der Waals surface area contributed by atoms with Crippen LogP contribution in [0.15, 0.2) is 12.2 Å². The van der Waals surface area contributed by atoms with Crippen LogP contribution >= 0.6 is 0 Å². The van der Waals surface area contributed by atoms with Crippen LogP contribution in [0.1, 0.15) is 27.7 Å². The normalized spacial score (nSPS) is 14.0. The van der Waals surface area contributed by atoms with Gasteiger partial charge < -0.3 is 3.87 Å². The Morgan fingerprint density at radius 2 is 1.71 bits per heavy atom. The van der Waals surface area contributed by atoms with Crippen molar-refractivity contribution in [3.05, 3.63) is 12.2 Å². The lowest BCUT2D eigenvalue weighted by Crippen LogP contribution is -2.37. The molecule has 0 saturated heterocycles. The molecule has 0 fully saturated rings. The highest BCUT2D eigenvalue weighted by molar-refractivity contribution is 7.81. The van der Waals surface area contributed by atoms with E-state index in [9.17, 15) is 4.21 Å². The Morgan fingerprint density at radius 3 is 2.00 bits per heavy atom. The molecule has 0 spiro atoms. The van der Waals surface area contributed by atoms with Crippen molar-refractivity contribution in [3.63, 3.8) is 0 Å². The van der Waals surface area contributed by atoms with Gasteiger partial charge in [-0.2, -0.15) is 0 Å². The lowest BCUT2D eigenvalue weighted by Gasteiger charge is -2.26. The minimum Gasteiger partial charge on any atom is -0.334 e. The molecule has 0 aliphatic carbocycles. The van der Waals surface area contributed by atoms with Gasteiger partial charge in [-0.1, -0.05) is 32.9 Å². The fourth-order valence-electron chi connectivity index (χ4n) is 1.35. The first-order valence-electron chi connectivity index (χ1n) is 5.22. The summed E-state index contributed by atoms with van der Waals surface area (Å²) in [5, 5.41) is 0. The van der Waals surface area contributed by atoms with Gasteiger partial charge in [0.2, 0.25) is 8.32 Å². The highest BCUT2D eigenvalue weighted by Crippen LogP contribution is 2.23. The van der Waals surface area contributed by atoms with E-state index in [4.69, 9.17) is 3.87 Å². The Morgan fingerprint density at radius 1 is 1.29 bits per heavy atom. The van der Waals surface area contributed by atoms with Crippen molar-refractivity contribution in [3.8, 4) is 0 Å². The van der Waals surface area contributed by atoms with Crippen LogP contribution in [0, 0.1) is 0 Å². The molecule has 0 bridgehead atoms. The number of hydrogen-bond donors (Lipinski definition) is 0. The quantitative estimate of drug-likeness (QED) is 0.499. The van der Waals surface area contributed by atoms with Gasteiger partial charge in [0.05, 0.1) is 5.75 Å². The second-order valence-electron chi connectivity index (χ2n) is 3.73. The van der Waals surface area contributed by atoms with E-state index in [2.05, 4.69) is 27.4 Å². The fraction of sp³-hybridized carbons (Fsp3) is 0.800. The zero-order valence-electron chi connectivity index (χ0n) is 9.76. The monoisotopic (exact) mass is 234 g/mol. The maximum absolute atomic E-state index is 11.6. The van der Waals surface area contributed by atoms with Crippen LogP contribution in [0.3, 0.4) is 0 Å². The lowest BCUT2D eigenvalue weighted by atomic mass is 10.4. The molecule has 0 N–H and O–H groups in total. The predicted molar refractivity (Wildman–Crippen MR) is 66.1 cm³/mol. The van der Waals surface area contributed by atoms with E-state index in [-0.39, 0.29) is 0 Å². The van der Waals surface area contributed by atoms with Crippen LogP contribution in [0.2, 0.25) is 18.1 Å². The first-order valence-corrected chi connectivity index (χ1v) is 8.99. The summed E-state index contributed by atoms with van der Waals surface area (Å²) in [4.78, 5) is 0. The van der Waals surface area contributed by atoms with Crippen molar-refractivity contribution < 1.29 is 8.08 Å². The molecule has 0 radical (unpaired) electrons. The SMILES string of the molecule is C=C(C)CS(=O)O[Si](CC)(CC)CC. The lowest BCUT2D eigenvalue weighted by molar-refractivity contribution is 0.547. The molecule has 0 aromatic heterocycles. The van der Waals surface area contributed by atoms with E-state index in [0.29, 0.717) is 5.75 Å². The Kier molecular flexibility index (Phi) is 6.56. The average Bonchev–Trinajstić information content (AvgIpc) is 2.13. The van der Waals surface area contributed by atoms with E-state index in [1.54, 1.807) is 0 Å². The van der Waals surface area contributed by atoms with Gasteiger partial charge in [0.15, 0.2) is 0 Å². The third-order valence-corrected chi connectivity index (χ3v) is 9.32. The summed E-state index contributed by atoms with van der Waals surface area (Å²) in [5.41, 5.74) is 0.926. The molecule has 1 unspecified atom stereocenters. The van der Waals surface area contributed by atoms with E-state index >= 15 is 0 Å². The van der Waals surface area contributed by atoms with Crippen molar-refractivity contribution >= 4 is 19.4 Å². The molecule has 0 heterocycles. The second-order valence-corrected chi connectivity index (χ2v) is 9.78. The van der Waals surface area contributed by atoms with Crippen LogP contribution in [0.4, 0.5) is 0 Å². The average molecular weight is 234 g/mol. The zero-order chi connectivity index (χ0) is 11.2. The maximum atomic E-state index is 11.6. The third kappa shape index (κ3) is 4.53. The van der Waals surface area contributed by atoms with Gasteiger partial charge in [-0.3, -0.25) is 0 Å². The summed E-state index contributed by atoms with van der Waals surface area (Å²) in [7, 11) is -1.69. The fourth-order valence-corrected chi connectivity index (χ4v) is 6.48. The highest BCUT2D eigenvalue weighted by atomic mass is 32.2. The molecular weight excluding hydrogens is 212 g/mol. The van der Waals surface area contributed by atoms with Crippen molar-refractivity contribution in [2.45, 2.75) is 45.8 Å². The van der Waals surface area contributed by atoms with Crippen LogP contribution in [-0.2, 0) is 15.0 Å². The van der Waals surface area contributed by atoms with Gasteiger partial charge in [0, 0.05) is 0 Å². The molecule has 0 saturated carbocycles. The standard InChI is InChI=1S/C10H22O2SSi/c1-6-14(7-2,8-3)12-13(11)9-10(4)5/h4,6-9H2,1-3,5H3. The predicted octanol–water partition coefficient (Wildman–Crippen LogP) is 3.25. The topological polar surface area (TPSA) is 26.3 Å². The van der Waals surface area contributed by atoms with Crippen LogP contribution in [0.25, 0.3) is 0 Å². The minimum absolute atomic E-state index is 0.481. The first-order chi connectivity index (χ1) is 6.49. The molecule has 0 aliphatic heterocycles. The Bertz CT molecular complexity index is 204. The minimum atomic E-state index is -1.69. The van der Waals surface area contributed by atoms with Gasteiger partial charge in [0.25, 0.3) is 0 Å². The Labute approximate surface area is 91.5 Å². The van der Waals surface area contributed by atoms with Gasteiger partial charge in [-0.25, -0.2) is 4.21 Å². The number of hydrogen-bond acceptors (Lipinski definition) is 2. The van der Waals surface area contributed by atoms with E-state index < -0.39 is 19.4 Å². The molecule has 2 nitrogen and oxygen atoms in total. The molecular formula is C10H22O2SSi. The van der Waals surface area contributed by atoms with Crippen LogP contribution < -0.4 is 0 Å². The Balaban J connectivity index is 4.29. The van der Waals surface area contributed by atoms with E-state index in [1.165, 1.54) is 0 Å². The maximum Gasteiger partial charge on any atom is 0.213 e. The van der Waals surface area contributed by atoms with Crippen molar-refractivity contribution in [1.82, 2.24) is 0 Å². The van der Waals surface area contributed by atoms with Gasteiger partial charge in [-0.15, -0.1) is 0 Å². The molecule has 0 aliphatic rings. The van der Waals surface area contributed by atoms with Crippen LogP contribution in [0.5, 0.6) is 0 Å². The first kappa shape index (κ1) is 14.1. The smallest absolute Gasteiger partial charge is 0.213 e. The van der Waals surface area contributed by atoms with Gasteiger partial charge in [0.1, 0.15) is 11.1 Å². The van der Waals surface area contributed by atoms with Crippen molar-refractivity contribution in [2.24, 2.45) is 0 Å². The van der Waals surface area contributed by atoms with E-state index in [1.807, 2.05) is 6.92 Å². The molecule has 1 atom stereocenters. The van der Waals surface area contributed by atoms with Crippen molar-refractivity contribution in [2.75, 3.05) is 5.75 Å². The highest BCUT2D eigenvalue weighted by Gasteiger charge is 2.31. The summed E-state index contributed by atoms with van der Waals surface area (Å²) in [6.45, 7) is 12.0. The molecule has 14 heavy (non-hydrogen) atoms. The van der Waals surface area contributed by atoms with Gasteiger partial charge in [-0.05, 0) is 25.1 Å². The van der Waals surface area contributed by atoms with Gasteiger partial charge >= 0.3 is 0 Å². The summed E-state index contributed by atoms with van der Waals surface area (Å²) in [5.74, 6) is 0.481. The molecule has 0 aromatic rings. The Hall–Kier alpha value is 0.0669. The summed E-state index contributed by atoms with van der Waals surface area (Å²) in [6, 6.07) is 3.13. The summed E-state index contributed by atoms with van der Waals surface area (Å²) in [6.07, 6.45) is 0. The van der Waals surface area contributed by atoms with E-state index in [0.717, 1.165) is 23.7 Å². The number of rotatable bonds is 7.